The molecule has 0 bridgehead atoms. The maximum atomic E-state index is 11.9. The minimum absolute atomic E-state index is 0.363. The Balaban J connectivity index is 1.80. The Morgan fingerprint density at radius 3 is 2.50 bits per heavy atom. The van der Waals surface area contributed by atoms with Crippen LogP contribution in [0.25, 0.3) is 0 Å². The molecule has 0 spiro atoms. The Morgan fingerprint density at radius 2 is 1.82 bits per heavy atom. The van der Waals surface area contributed by atoms with Crippen molar-refractivity contribution in [3.63, 3.8) is 0 Å². The van der Waals surface area contributed by atoms with E-state index in [9.17, 15) is 4.79 Å². The first kappa shape index (κ1) is 15.5. The van der Waals surface area contributed by atoms with Crippen molar-refractivity contribution in [3.05, 3.63) is 65.2 Å². The Kier molecular flexibility index (Phi) is 4.22. The van der Waals surface area contributed by atoms with Crippen LogP contribution in [0.4, 0.5) is 0 Å². The summed E-state index contributed by atoms with van der Waals surface area (Å²) in [4.78, 5) is 11.9. The van der Waals surface area contributed by atoms with Gasteiger partial charge in [0, 0.05) is 5.56 Å². The molecule has 0 fully saturated rings. The number of benzene rings is 2. The lowest BCUT2D eigenvalue weighted by atomic mass is 10.1. The van der Waals surface area contributed by atoms with E-state index < -0.39 is 15.9 Å². The van der Waals surface area contributed by atoms with E-state index in [4.69, 9.17) is 44.3 Å². The van der Waals surface area contributed by atoms with Crippen molar-refractivity contribution in [2.45, 2.75) is 16.5 Å². The van der Waals surface area contributed by atoms with Gasteiger partial charge in [-0.15, -0.1) is 0 Å². The van der Waals surface area contributed by atoms with Gasteiger partial charge in [0.1, 0.15) is 12.4 Å². The van der Waals surface area contributed by atoms with Gasteiger partial charge in [-0.05, 0) is 17.7 Å². The molecule has 0 N–H and O–H groups in total. The first-order chi connectivity index (χ1) is 10.4. The van der Waals surface area contributed by atoms with Gasteiger partial charge in [-0.25, -0.2) is 4.79 Å². The van der Waals surface area contributed by atoms with Gasteiger partial charge in [0.05, 0.1) is 5.56 Å². The summed E-state index contributed by atoms with van der Waals surface area (Å²) in [6, 6.07) is 14.7. The van der Waals surface area contributed by atoms with E-state index in [1.165, 1.54) is 0 Å². The van der Waals surface area contributed by atoms with Gasteiger partial charge in [0.15, 0.2) is 6.10 Å². The molecule has 0 aliphatic carbocycles. The number of halogens is 3. The van der Waals surface area contributed by atoms with E-state index in [1.807, 2.05) is 30.3 Å². The molecule has 0 amide bonds. The molecule has 1 atom stereocenters. The number of hydrogen-bond acceptors (Lipinski definition) is 3. The Labute approximate surface area is 142 Å². The third-order valence-electron chi connectivity index (χ3n) is 3.30. The van der Waals surface area contributed by atoms with E-state index in [0.717, 1.165) is 5.56 Å². The van der Waals surface area contributed by atoms with Crippen LogP contribution in [0.3, 0.4) is 0 Å². The van der Waals surface area contributed by atoms with Crippen LogP contribution in [0.5, 0.6) is 5.75 Å². The van der Waals surface area contributed by atoms with Crippen molar-refractivity contribution < 1.29 is 14.3 Å². The van der Waals surface area contributed by atoms with Crippen molar-refractivity contribution in [2.75, 3.05) is 0 Å². The number of hydrogen-bond donors (Lipinski definition) is 0. The smallest absolute Gasteiger partial charge is 0.339 e. The zero-order valence-corrected chi connectivity index (χ0v) is 13.5. The van der Waals surface area contributed by atoms with Crippen LogP contribution in [0.2, 0.25) is 0 Å². The van der Waals surface area contributed by atoms with Crippen LogP contribution < -0.4 is 4.74 Å². The van der Waals surface area contributed by atoms with E-state index in [0.29, 0.717) is 23.5 Å². The fourth-order valence-electron chi connectivity index (χ4n) is 2.25. The second-order valence-electron chi connectivity index (χ2n) is 4.85. The lowest BCUT2D eigenvalue weighted by Crippen LogP contribution is -2.16. The van der Waals surface area contributed by atoms with Crippen molar-refractivity contribution >= 4 is 40.8 Å². The van der Waals surface area contributed by atoms with E-state index in [1.54, 1.807) is 18.2 Å². The molecule has 0 radical (unpaired) electrons. The standard InChI is InChI=1S/C16H11Cl3O3/c17-16(18,19)14-12-7-6-11(8-13(12)15(20)22-14)21-9-10-4-2-1-3-5-10/h1-8,14H,9H2. The van der Waals surface area contributed by atoms with Crippen LogP contribution in [-0.4, -0.2) is 9.76 Å². The number of fused-ring (bicyclic) bond motifs is 1. The number of alkyl halides is 3. The molecule has 1 aliphatic rings. The molecule has 6 heteroatoms. The summed E-state index contributed by atoms with van der Waals surface area (Å²) < 4.78 is 9.10. The number of carbonyl (C=O) groups excluding carboxylic acids is 1. The van der Waals surface area contributed by atoms with Gasteiger partial charge >= 0.3 is 5.97 Å². The molecule has 0 aromatic heterocycles. The van der Waals surface area contributed by atoms with Gasteiger partial charge in [0.25, 0.3) is 0 Å². The largest absolute Gasteiger partial charge is 0.489 e. The summed E-state index contributed by atoms with van der Waals surface area (Å²) in [6.45, 7) is 0.405. The second-order valence-corrected chi connectivity index (χ2v) is 7.22. The fraction of sp³-hybridized carbons (Fsp3) is 0.188. The van der Waals surface area contributed by atoms with Crippen molar-refractivity contribution in [1.29, 1.82) is 0 Å². The SMILES string of the molecule is O=C1OC(C(Cl)(Cl)Cl)c2ccc(OCc3ccccc3)cc21. The first-order valence-electron chi connectivity index (χ1n) is 6.53. The molecule has 1 unspecified atom stereocenters. The molecule has 1 heterocycles. The highest BCUT2D eigenvalue weighted by atomic mass is 35.6. The molecule has 2 aromatic carbocycles. The summed E-state index contributed by atoms with van der Waals surface area (Å²) in [5, 5.41) is 0. The average Bonchev–Trinajstić information content (AvgIpc) is 2.83. The van der Waals surface area contributed by atoms with Gasteiger partial charge in [-0.3, -0.25) is 0 Å². The Bertz CT molecular complexity index is 696. The molecule has 0 saturated carbocycles. The highest BCUT2D eigenvalue weighted by Crippen LogP contribution is 2.47. The number of carbonyl (C=O) groups is 1. The zero-order valence-electron chi connectivity index (χ0n) is 11.3. The predicted molar refractivity (Wildman–Crippen MR) is 85.7 cm³/mol. The molecule has 114 valence electrons. The first-order valence-corrected chi connectivity index (χ1v) is 7.67. The summed E-state index contributed by atoms with van der Waals surface area (Å²) >= 11 is 17.5. The van der Waals surface area contributed by atoms with Crippen LogP contribution in [-0.2, 0) is 11.3 Å². The highest BCUT2D eigenvalue weighted by Gasteiger charge is 2.44. The highest BCUT2D eigenvalue weighted by molar-refractivity contribution is 6.68. The van der Waals surface area contributed by atoms with Gasteiger partial charge < -0.3 is 9.47 Å². The van der Waals surface area contributed by atoms with Crippen LogP contribution in [0, 0.1) is 0 Å². The van der Waals surface area contributed by atoms with Gasteiger partial charge in [0.2, 0.25) is 3.79 Å². The summed E-state index contributed by atoms with van der Waals surface area (Å²) in [5.41, 5.74) is 1.95. The normalized spacial score (nSPS) is 17.0. The monoisotopic (exact) mass is 356 g/mol. The number of cyclic esters (lactones) is 1. The van der Waals surface area contributed by atoms with Gasteiger partial charge in [-0.2, -0.15) is 0 Å². The molecule has 3 rings (SSSR count). The van der Waals surface area contributed by atoms with Crippen molar-refractivity contribution in [2.24, 2.45) is 0 Å². The third kappa shape index (κ3) is 3.17. The Hall–Kier alpha value is -1.42. The number of esters is 1. The fourth-order valence-corrected chi connectivity index (χ4v) is 2.73. The van der Waals surface area contributed by atoms with E-state index in [2.05, 4.69) is 0 Å². The number of ether oxygens (including phenoxy) is 2. The molecular weight excluding hydrogens is 347 g/mol. The maximum Gasteiger partial charge on any atom is 0.339 e. The van der Waals surface area contributed by atoms with Crippen LogP contribution in [0.15, 0.2) is 48.5 Å². The third-order valence-corrected chi connectivity index (χ3v) is 3.89. The quantitative estimate of drug-likeness (QED) is 0.582. The average molecular weight is 358 g/mol. The summed E-state index contributed by atoms with van der Waals surface area (Å²) in [7, 11) is 0. The zero-order chi connectivity index (χ0) is 15.7. The molecule has 3 nitrogen and oxygen atoms in total. The minimum Gasteiger partial charge on any atom is -0.489 e. The topological polar surface area (TPSA) is 35.5 Å². The predicted octanol–water partition coefficient (Wildman–Crippen LogP) is 4.85. The van der Waals surface area contributed by atoms with Gasteiger partial charge in [-0.1, -0.05) is 71.2 Å². The van der Waals surface area contributed by atoms with Crippen LogP contribution in [0.1, 0.15) is 27.6 Å². The maximum absolute atomic E-state index is 11.9. The molecule has 1 aliphatic heterocycles. The lowest BCUT2D eigenvalue weighted by Gasteiger charge is -2.18. The van der Waals surface area contributed by atoms with E-state index in [-0.39, 0.29) is 0 Å². The lowest BCUT2D eigenvalue weighted by molar-refractivity contribution is 0.0393. The Morgan fingerprint density at radius 1 is 1.09 bits per heavy atom. The summed E-state index contributed by atoms with van der Waals surface area (Å²) in [6.07, 6.45) is -0.900. The molecule has 0 saturated heterocycles. The van der Waals surface area contributed by atoms with Crippen molar-refractivity contribution in [1.82, 2.24) is 0 Å². The van der Waals surface area contributed by atoms with Crippen LogP contribution >= 0.6 is 34.8 Å². The molecule has 2 aromatic rings. The second kappa shape index (κ2) is 5.99. The molecule has 22 heavy (non-hydrogen) atoms. The molecular formula is C16H11Cl3O3. The summed E-state index contributed by atoms with van der Waals surface area (Å²) in [5.74, 6) is 0.0426. The minimum atomic E-state index is -1.70. The number of rotatable bonds is 3. The van der Waals surface area contributed by atoms with Crippen molar-refractivity contribution in [3.8, 4) is 5.75 Å². The van der Waals surface area contributed by atoms with E-state index >= 15 is 0 Å².